The number of carbonyl (C=O) groups excluding carboxylic acids is 2. The molecular weight excluding hydrogens is 603 g/mol. The summed E-state index contributed by atoms with van der Waals surface area (Å²) < 4.78 is 12.5. The first-order chi connectivity index (χ1) is 21.9. The zero-order chi connectivity index (χ0) is 34.8. The molecule has 0 aliphatic heterocycles. The van der Waals surface area contributed by atoms with Gasteiger partial charge in [0.15, 0.2) is 0 Å². The summed E-state index contributed by atoms with van der Waals surface area (Å²) >= 11 is 0. The summed E-state index contributed by atoms with van der Waals surface area (Å²) in [6, 6.07) is 23.9. The first-order valence-corrected chi connectivity index (χ1v) is 19.6. The molecule has 0 bridgehead atoms. The Kier molecular flexibility index (Phi) is 13.5. The second-order valence-corrected chi connectivity index (χ2v) is 18.0. The number of likely N-dealkylation sites (N-methyl/N-ethyl adjacent to an activating group) is 2. The van der Waals surface area contributed by atoms with Gasteiger partial charge in [0.2, 0.25) is 11.8 Å². The molecule has 0 unspecified atom stereocenters. The van der Waals surface area contributed by atoms with E-state index in [0.717, 1.165) is 22.8 Å². The Hall–Kier alpha value is -3.30. The van der Waals surface area contributed by atoms with E-state index in [1.165, 1.54) is 5.56 Å². The lowest BCUT2D eigenvalue weighted by atomic mass is 9.99. The third kappa shape index (κ3) is 13.0. The van der Waals surface area contributed by atoms with Gasteiger partial charge < -0.3 is 24.0 Å². The summed E-state index contributed by atoms with van der Waals surface area (Å²) in [7, 11) is 1.28. The van der Waals surface area contributed by atoms with Gasteiger partial charge in [-0.05, 0) is 95.5 Å². The third-order valence-electron chi connectivity index (χ3n) is 8.09. The van der Waals surface area contributed by atoms with Crippen molar-refractivity contribution < 1.29 is 18.4 Å². The van der Waals surface area contributed by atoms with Gasteiger partial charge in [-0.2, -0.15) is 0 Å². The van der Waals surface area contributed by atoms with Crippen LogP contribution in [0.25, 0.3) is 10.8 Å². The highest BCUT2D eigenvalue weighted by Crippen LogP contribution is 2.21. The fourth-order valence-electron chi connectivity index (χ4n) is 5.79. The number of fused-ring (bicyclic) bond motifs is 1. The first-order valence-electron chi connectivity index (χ1n) is 16.8. The summed E-state index contributed by atoms with van der Waals surface area (Å²) in [6.07, 6.45) is 5.29. The van der Waals surface area contributed by atoms with Gasteiger partial charge in [0.1, 0.15) is 6.04 Å². The van der Waals surface area contributed by atoms with Gasteiger partial charge in [-0.1, -0.05) is 78.9 Å². The number of carbonyl (C=O) groups is 2. The molecule has 0 aliphatic rings. The number of hydrogen-bond donors (Lipinski definition) is 1. The van der Waals surface area contributed by atoms with E-state index in [-0.39, 0.29) is 29.1 Å². The minimum absolute atomic E-state index is 0.0178. The monoisotopic (exact) mass is 659 g/mol. The molecule has 3 aromatic rings. The van der Waals surface area contributed by atoms with Crippen LogP contribution in [0.3, 0.4) is 0 Å². The van der Waals surface area contributed by atoms with Crippen LogP contribution in [-0.2, 0) is 31.3 Å². The summed E-state index contributed by atoms with van der Waals surface area (Å²) in [5.74, 6) is -0.267. The number of hydrogen-bond acceptors (Lipinski definition) is 5. The number of nitrogens with zero attached hydrogens (tertiary/aromatic N) is 2. The average molecular weight is 660 g/mol. The van der Waals surface area contributed by atoms with Crippen LogP contribution in [0.15, 0.2) is 84.9 Å². The van der Waals surface area contributed by atoms with Gasteiger partial charge in [-0.15, -0.1) is 0 Å². The highest BCUT2D eigenvalue weighted by Gasteiger charge is 2.33. The van der Waals surface area contributed by atoms with E-state index in [0.29, 0.717) is 25.9 Å². The molecule has 2 atom stereocenters. The molecule has 0 fully saturated rings. The first kappa shape index (κ1) is 38.1. The van der Waals surface area contributed by atoms with Crippen molar-refractivity contribution >= 4 is 31.1 Å². The molecule has 1 N–H and O–H groups in total. The van der Waals surface area contributed by atoms with E-state index < -0.39 is 14.6 Å². The lowest BCUT2D eigenvalue weighted by Crippen LogP contribution is -2.49. The Morgan fingerprint density at radius 2 is 1.53 bits per heavy atom. The lowest BCUT2D eigenvalue weighted by Gasteiger charge is -2.35. The van der Waals surface area contributed by atoms with Crippen LogP contribution < -0.4 is 5.32 Å². The third-order valence-corrected chi connectivity index (χ3v) is 10.2. The quantitative estimate of drug-likeness (QED) is 0.131. The molecule has 2 amide bonds. The van der Waals surface area contributed by atoms with E-state index >= 15 is 0 Å². The maximum absolute atomic E-state index is 13.9. The Morgan fingerprint density at radius 3 is 2.19 bits per heavy atom. The highest BCUT2D eigenvalue weighted by atomic mass is 28.4. The molecule has 0 aromatic heterocycles. The van der Waals surface area contributed by atoms with E-state index in [2.05, 4.69) is 81.6 Å². The maximum atomic E-state index is 13.9. The molecule has 0 radical (unpaired) electrons. The molecule has 0 saturated carbocycles. The SMILES string of the molecule is C[C@H](CNC(C)(C)C/C=C/C(=O)N(C)[C@H](Cc1ccc2ccccc2c1)C(=O)N(C)CCc1ccccc1)O[Si](C)(C)OC(C)(C)C. The van der Waals surface area contributed by atoms with E-state index in [1.54, 1.807) is 22.9 Å². The zero-order valence-corrected chi connectivity index (χ0v) is 31.3. The molecule has 47 heavy (non-hydrogen) atoms. The van der Waals surface area contributed by atoms with Crippen LogP contribution in [0.1, 0.15) is 59.1 Å². The molecule has 8 heteroatoms. The predicted octanol–water partition coefficient (Wildman–Crippen LogP) is 7.15. The largest absolute Gasteiger partial charge is 0.390 e. The smallest absolute Gasteiger partial charge is 0.332 e. The van der Waals surface area contributed by atoms with Crippen LogP contribution in [-0.4, -0.2) is 80.6 Å². The Bertz CT molecular complexity index is 1480. The molecule has 0 spiro atoms. The van der Waals surface area contributed by atoms with Gasteiger partial charge in [0, 0.05) is 39.1 Å². The van der Waals surface area contributed by atoms with Crippen molar-refractivity contribution in [2.24, 2.45) is 0 Å². The Morgan fingerprint density at radius 1 is 0.894 bits per heavy atom. The fraction of sp³-hybridized carbons (Fsp3) is 0.487. The Labute approximate surface area is 284 Å². The van der Waals surface area contributed by atoms with Gasteiger partial charge in [-0.3, -0.25) is 9.59 Å². The van der Waals surface area contributed by atoms with Gasteiger partial charge >= 0.3 is 8.56 Å². The van der Waals surface area contributed by atoms with Gasteiger partial charge in [0.25, 0.3) is 0 Å². The van der Waals surface area contributed by atoms with Crippen molar-refractivity contribution in [1.29, 1.82) is 0 Å². The minimum Gasteiger partial charge on any atom is -0.390 e. The summed E-state index contributed by atoms with van der Waals surface area (Å²) in [5, 5.41) is 5.84. The van der Waals surface area contributed by atoms with E-state index in [9.17, 15) is 9.59 Å². The van der Waals surface area contributed by atoms with Gasteiger partial charge in [-0.25, -0.2) is 0 Å². The molecule has 0 heterocycles. The zero-order valence-electron chi connectivity index (χ0n) is 30.3. The second-order valence-electron chi connectivity index (χ2n) is 14.8. The molecule has 7 nitrogen and oxygen atoms in total. The van der Waals surface area contributed by atoms with Crippen molar-refractivity contribution in [3.63, 3.8) is 0 Å². The van der Waals surface area contributed by atoms with Crippen LogP contribution in [0, 0.1) is 0 Å². The molecule has 256 valence electrons. The summed E-state index contributed by atoms with van der Waals surface area (Å²) in [4.78, 5) is 30.8. The Balaban J connectivity index is 1.66. The van der Waals surface area contributed by atoms with Crippen molar-refractivity contribution in [1.82, 2.24) is 15.1 Å². The van der Waals surface area contributed by atoms with Crippen LogP contribution >= 0.6 is 0 Å². The average Bonchev–Trinajstić information content (AvgIpc) is 2.99. The maximum Gasteiger partial charge on any atom is 0.332 e. The molecular formula is C39H57N3O4Si. The highest BCUT2D eigenvalue weighted by molar-refractivity contribution is 6.64. The van der Waals surface area contributed by atoms with Crippen molar-refractivity contribution in [2.45, 2.75) is 97.2 Å². The number of nitrogens with one attached hydrogen (secondary N) is 1. The van der Waals surface area contributed by atoms with Gasteiger partial charge in [0.05, 0.1) is 11.7 Å². The van der Waals surface area contributed by atoms with Crippen LogP contribution in [0.4, 0.5) is 0 Å². The molecule has 0 saturated heterocycles. The van der Waals surface area contributed by atoms with E-state index in [4.69, 9.17) is 8.85 Å². The lowest BCUT2D eigenvalue weighted by molar-refractivity contribution is -0.141. The molecule has 3 rings (SSSR count). The second kappa shape index (κ2) is 16.7. The molecule has 0 aliphatic carbocycles. The van der Waals surface area contributed by atoms with Crippen molar-refractivity contribution in [3.05, 3.63) is 96.1 Å². The summed E-state index contributed by atoms with van der Waals surface area (Å²) in [5.41, 5.74) is 1.68. The number of amides is 2. The minimum atomic E-state index is -2.28. The van der Waals surface area contributed by atoms with Crippen LogP contribution in [0.5, 0.6) is 0 Å². The standard InChI is InChI=1S/C39H57N3O4Si/c1-30(45-47(9,10)46-38(2,3)4)29-40-39(5,6)25-16-21-36(43)42(8)35(28-32-22-23-33-19-14-15-20-34(33)27-32)37(44)41(7)26-24-31-17-12-11-13-18-31/h11-23,27,30,35,40H,24-26,28-29H2,1-10H3/b21-16+/t30-,35-/m1/s1. The number of rotatable bonds is 16. The number of benzene rings is 3. The summed E-state index contributed by atoms with van der Waals surface area (Å²) in [6.45, 7) is 17.8. The molecule has 3 aromatic carbocycles. The van der Waals surface area contributed by atoms with Crippen molar-refractivity contribution in [3.8, 4) is 0 Å². The van der Waals surface area contributed by atoms with Crippen LogP contribution in [0.2, 0.25) is 13.1 Å². The normalized spacial score (nSPS) is 13.9. The van der Waals surface area contributed by atoms with E-state index in [1.807, 2.05) is 64.2 Å². The predicted molar refractivity (Wildman–Crippen MR) is 197 cm³/mol. The van der Waals surface area contributed by atoms with Crippen molar-refractivity contribution in [2.75, 3.05) is 27.2 Å². The fourth-order valence-corrected chi connectivity index (χ4v) is 8.37. The topological polar surface area (TPSA) is 71.1 Å².